The normalized spacial score (nSPS) is 20.1. The molecular formula is C17H17NOS. The highest BCUT2D eigenvalue weighted by Crippen LogP contribution is 2.36. The van der Waals surface area contributed by atoms with Gasteiger partial charge in [-0.1, -0.05) is 18.2 Å². The van der Waals surface area contributed by atoms with Gasteiger partial charge in [-0.05, 0) is 55.9 Å². The van der Waals surface area contributed by atoms with E-state index in [4.69, 9.17) is 0 Å². The van der Waals surface area contributed by atoms with Gasteiger partial charge in [-0.2, -0.15) is 0 Å². The van der Waals surface area contributed by atoms with Crippen LogP contribution in [0.3, 0.4) is 0 Å². The summed E-state index contributed by atoms with van der Waals surface area (Å²) in [6, 6.07) is 10.7. The predicted octanol–water partition coefficient (Wildman–Crippen LogP) is 3.83. The number of carbonyl (C=O) groups excluding carboxylic acids is 1. The highest BCUT2D eigenvalue weighted by atomic mass is 32.1. The van der Waals surface area contributed by atoms with Crippen LogP contribution in [0.25, 0.3) is 0 Å². The van der Waals surface area contributed by atoms with Crippen LogP contribution in [0.1, 0.15) is 39.0 Å². The van der Waals surface area contributed by atoms with Gasteiger partial charge >= 0.3 is 0 Å². The summed E-state index contributed by atoms with van der Waals surface area (Å²) in [5.41, 5.74) is 3.79. The van der Waals surface area contributed by atoms with E-state index in [0.717, 1.165) is 29.8 Å². The van der Waals surface area contributed by atoms with E-state index < -0.39 is 0 Å². The molecular weight excluding hydrogens is 266 g/mol. The van der Waals surface area contributed by atoms with Crippen molar-refractivity contribution in [3.05, 3.63) is 51.2 Å². The first-order valence-electron chi connectivity index (χ1n) is 7.27. The van der Waals surface area contributed by atoms with Gasteiger partial charge in [0.1, 0.15) is 0 Å². The SMILES string of the molecule is CC1Cc2ccccc2N1C(=O)c1cc2c(s1)CCC2. The molecule has 3 heteroatoms. The Morgan fingerprint density at radius 3 is 2.95 bits per heavy atom. The van der Waals surface area contributed by atoms with Gasteiger partial charge in [0.2, 0.25) is 0 Å². The Bertz CT molecular complexity index is 667. The highest BCUT2D eigenvalue weighted by molar-refractivity contribution is 7.14. The molecule has 2 aromatic rings. The third kappa shape index (κ3) is 1.73. The van der Waals surface area contributed by atoms with E-state index >= 15 is 0 Å². The lowest BCUT2D eigenvalue weighted by Gasteiger charge is -2.22. The molecule has 1 amide bonds. The number of aryl methyl sites for hydroxylation is 2. The predicted molar refractivity (Wildman–Crippen MR) is 82.8 cm³/mol. The Balaban J connectivity index is 1.71. The van der Waals surface area contributed by atoms with Crippen molar-refractivity contribution in [2.24, 2.45) is 0 Å². The zero-order valence-corrected chi connectivity index (χ0v) is 12.4. The second-order valence-electron chi connectivity index (χ2n) is 5.77. The van der Waals surface area contributed by atoms with Crippen molar-refractivity contribution in [1.82, 2.24) is 0 Å². The molecule has 0 fully saturated rings. The molecule has 2 heterocycles. The van der Waals surface area contributed by atoms with Crippen molar-refractivity contribution < 1.29 is 4.79 Å². The van der Waals surface area contributed by atoms with Crippen LogP contribution in [0.5, 0.6) is 0 Å². The molecule has 0 saturated carbocycles. The molecule has 1 aromatic carbocycles. The van der Waals surface area contributed by atoms with Gasteiger partial charge in [0.05, 0.1) is 4.88 Å². The second-order valence-corrected chi connectivity index (χ2v) is 6.91. The van der Waals surface area contributed by atoms with E-state index in [2.05, 4.69) is 31.2 Å². The third-order valence-corrected chi connectivity index (χ3v) is 5.61. The standard InChI is InChI=1S/C17H17NOS/c1-11-9-12-5-2-3-7-14(12)18(11)17(19)16-10-13-6-4-8-15(13)20-16/h2-3,5,7,10-11H,4,6,8-9H2,1H3. The molecule has 1 unspecified atom stereocenters. The maximum Gasteiger partial charge on any atom is 0.268 e. The van der Waals surface area contributed by atoms with Crippen molar-refractivity contribution in [3.63, 3.8) is 0 Å². The second kappa shape index (κ2) is 4.45. The first kappa shape index (κ1) is 12.2. The smallest absolute Gasteiger partial charge is 0.268 e. The van der Waals surface area contributed by atoms with E-state index in [9.17, 15) is 4.79 Å². The van der Waals surface area contributed by atoms with Crippen molar-refractivity contribution >= 4 is 22.9 Å². The number of fused-ring (bicyclic) bond motifs is 2. The van der Waals surface area contributed by atoms with Crippen LogP contribution in [-0.4, -0.2) is 11.9 Å². The molecule has 1 aliphatic heterocycles. The fourth-order valence-electron chi connectivity index (χ4n) is 3.43. The van der Waals surface area contributed by atoms with Crippen molar-refractivity contribution in [1.29, 1.82) is 0 Å². The van der Waals surface area contributed by atoms with E-state index in [-0.39, 0.29) is 11.9 Å². The lowest BCUT2D eigenvalue weighted by atomic mass is 10.1. The number of hydrogen-bond acceptors (Lipinski definition) is 2. The van der Waals surface area contributed by atoms with Gasteiger partial charge < -0.3 is 4.90 Å². The third-order valence-electron chi connectivity index (χ3n) is 4.38. The summed E-state index contributed by atoms with van der Waals surface area (Å²) in [6.07, 6.45) is 4.51. The zero-order valence-electron chi connectivity index (χ0n) is 11.6. The first-order valence-corrected chi connectivity index (χ1v) is 8.09. The van der Waals surface area contributed by atoms with Gasteiger partial charge in [-0.25, -0.2) is 0 Å². The van der Waals surface area contributed by atoms with Crippen molar-refractivity contribution in [2.45, 2.75) is 38.6 Å². The average molecular weight is 283 g/mol. The number of para-hydroxylation sites is 1. The quantitative estimate of drug-likeness (QED) is 0.779. The van der Waals surface area contributed by atoms with E-state index in [1.54, 1.807) is 11.3 Å². The number of thiophene rings is 1. The van der Waals surface area contributed by atoms with Crippen molar-refractivity contribution in [2.75, 3.05) is 4.90 Å². The van der Waals surface area contributed by atoms with Crippen LogP contribution in [0.15, 0.2) is 30.3 Å². The molecule has 20 heavy (non-hydrogen) atoms. The summed E-state index contributed by atoms with van der Waals surface area (Å²) in [6.45, 7) is 2.14. The van der Waals surface area contributed by atoms with Crippen LogP contribution >= 0.6 is 11.3 Å². The molecule has 0 spiro atoms. The fourth-order valence-corrected chi connectivity index (χ4v) is 4.62. The topological polar surface area (TPSA) is 20.3 Å². The zero-order chi connectivity index (χ0) is 13.7. The molecule has 1 aliphatic carbocycles. The largest absolute Gasteiger partial charge is 0.304 e. The van der Waals surface area contributed by atoms with Gasteiger partial charge in [0, 0.05) is 16.6 Å². The number of rotatable bonds is 1. The van der Waals surface area contributed by atoms with Gasteiger partial charge in [-0.15, -0.1) is 11.3 Å². The number of amides is 1. The van der Waals surface area contributed by atoms with E-state index in [0.29, 0.717) is 0 Å². The van der Waals surface area contributed by atoms with Gasteiger partial charge in [0.25, 0.3) is 5.91 Å². The van der Waals surface area contributed by atoms with Gasteiger partial charge in [-0.3, -0.25) is 4.79 Å². The summed E-state index contributed by atoms with van der Waals surface area (Å²) in [7, 11) is 0. The summed E-state index contributed by atoms with van der Waals surface area (Å²) in [5.74, 6) is 0.182. The minimum atomic E-state index is 0.182. The van der Waals surface area contributed by atoms with Crippen LogP contribution < -0.4 is 4.90 Å². The molecule has 1 aromatic heterocycles. The Kier molecular flexibility index (Phi) is 2.71. The number of hydrogen-bond donors (Lipinski definition) is 0. The van der Waals surface area contributed by atoms with Crippen LogP contribution in [-0.2, 0) is 19.3 Å². The summed E-state index contributed by atoms with van der Waals surface area (Å²) >= 11 is 1.70. The maximum absolute atomic E-state index is 12.9. The Hall–Kier alpha value is -1.61. The number of anilines is 1. The lowest BCUT2D eigenvalue weighted by molar-refractivity contribution is 0.0985. The summed E-state index contributed by atoms with van der Waals surface area (Å²) < 4.78 is 0. The van der Waals surface area contributed by atoms with Crippen molar-refractivity contribution in [3.8, 4) is 0 Å². The van der Waals surface area contributed by atoms with Crippen LogP contribution in [0.4, 0.5) is 5.69 Å². The number of carbonyl (C=O) groups is 1. The molecule has 0 bridgehead atoms. The Labute approximate surface area is 123 Å². The summed E-state index contributed by atoms with van der Waals surface area (Å²) in [5, 5.41) is 0. The molecule has 0 N–H and O–H groups in total. The fraction of sp³-hybridized carbons (Fsp3) is 0.353. The van der Waals surface area contributed by atoms with E-state index in [1.807, 2.05) is 11.0 Å². The molecule has 0 saturated heterocycles. The first-order chi connectivity index (χ1) is 9.74. The average Bonchev–Trinajstić information content (AvgIpc) is 3.08. The number of benzene rings is 1. The number of nitrogens with zero attached hydrogens (tertiary/aromatic N) is 1. The molecule has 102 valence electrons. The monoisotopic (exact) mass is 283 g/mol. The molecule has 0 radical (unpaired) electrons. The summed E-state index contributed by atoms with van der Waals surface area (Å²) in [4.78, 5) is 17.2. The van der Waals surface area contributed by atoms with E-state index in [1.165, 1.54) is 22.4 Å². The highest BCUT2D eigenvalue weighted by Gasteiger charge is 2.32. The molecule has 2 aliphatic rings. The van der Waals surface area contributed by atoms with Gasteiger partial charge in [0.15, 0.2) is 0 Å². The molecule has 1 atom stereocenters. The minimum absolute atomic E-state index is 0.182. The van der Waals surface area contributed by atoms with Crippen LogP contribution in [0.2, 0.25) is 0 Å². The van der Waals surface area contributed by atoms with Crippen LogP contribution in [0, 0.1) is 0 Å². The Morgan fingerprint density at radius 2 is 2.10 bits per heavy atom. The Morgan fingerprint density at radius 1 is 1.25 bits per heavy atom. The molecule has 2 nitrogen and oxygen atoms in total. The lowest BCUT2D eigenvalue weighted by Crippen LogP contribution is -2.35. The minimum Gasteiger partial charge on any atom is -0.304 e. The molecule has 4 rings (SSSR count). The maximum atomic E-state index is 12.9.